The van der Waals surface area contributed by atoms with Gasteiger partial charge in [-0.05, 0) is 29.6 Å². The van der Waals surface area contributed by atoms with Crippen molar-refractivity contribution >= 4 is 28.8 Å². The molecule has 0 aliphatic carbocycles. The van der Waals surface area contributed by atoms with Crippen LogP contribution in [-0.2, 0) is 15.8 Å². The van der Waals surface area contributed by atoms with Crippen LogP contribution in [0.15, 0.2) is 41.8 Å². The Bertz CT molecular complexity index is 714. The van der Waals surface area contributed by atoms with Crippen LogP contribution in [0.4, 0.5) is 18.9 Å². The van der Waals surface area contributed by atoms with E-state index in [4.69, 9.17) is 0 Å². The van der Waals surface area contributed by atoms with Gasteiger partial charge in [0.25, 0.3) is 0 Å². The summed E-state index contributed by atoms with van der Waals surface area (Å²) in [4.78, 5) is 24.2. The highest BCUT2D eigenvalue weighted by molar-refractivity contribution is 7.10. The first kappa shape index (κ1) is 18.0. The summed E-state index contributed by atoms with van der Waals surface area (Å²) < 4.78 is 38.1. The molecule has 0 aliphatic heterocycles. The Balaban J connectivity index is 2.07. The molecule has 1 heterocycles. The molecule has 2 amide bonds. The number of nitrogens with one attached hydrogen (secondary N) is 2. The van der Waals surface area contributed by atoms with Gasteiger partial charge in [-0.2, -0.15) is 13.2 Å². The number of hydrogen-bond acceptors (Lipinski definition) is 3. The van der Waals surface area contributed by atoms with Crippen LogP contribution < -0.4 is 10.6 Å². The van der Waals surface area contributed by atoms with Gasteiger partial charge in [0.2, 0.25) is 11.8 Å². The number of carbonyl (C=O) groups is 2. The summed E-state index contributed by atoms with van der Waals surface area (Å²) in [7, 11) is 0. The lowest BCUT2D eigenvalue weighted by Gasteiger charge is -2.16. The minimum absolute atomic E-state index is 0.0579. The van der Waals surface area contributed by atoms with Crippen molar-refractivity contribution in [3.63, 3.8) is 0 Å². The fourth-order valence-electron chi connectivity index (χ4n) is 2.13. The van der Waals surface area contributed by atoms with Crippen molar-refractivity contribution in [2.24, 2.45) is 0 Å². The van der Waals surface area contributed by atoms with Crippen LogP contribution in [0.25, 0.3) is 0 Å². The van der Waals surface area contributed by atoms with Crippen LogP contribution in [0, 0.1) is 0 Å². The highest BCUT2D eigenvalue weighted by Crippen LogP contribution is 2.31. The van der Waals surface area contributed by atoms with E-state index in [9.17, 15) is 22.8 Å². The predicted octanol–water partition coefficient (Wildman–Crippen LogP) is 3.97. The van der Waals surface area contributed by atoms with Crippen LogP contribution >= 0.6 is 11.3 Å². The number of halogens is 3. The number of amides is 2. The summed E-state index contributed by atoms with van der Waals surface area (Å²) in [6.07, 6.45) is -4.55. The number of hydrogen-bond donors (Lipinski definition) is 2. The largest absolute Gasteiger partial charge is 0.416 e. The Morgan fingerprint density at radius 3 is 2.54 bits per heavy atom. The minimum Gasteiger partial charge on any atom is -0.348 e. The zero-order valence-corrected chi connectivity index (χ0v) is 13.5. The number of benzene rings is 1. The molecule has 0 aliphatic rings. The van der Waals surface area contributed by atoms with Gasteiger partial charge in [-0.25, -0.2) is 0 Å². The van der Waals surface area contributed by atoms with Gasteiger partial charge in [-0.1, -0.05) is 12.1 Å². The van der Waals surface area contributed by atoms with Crippen LogP contribution in [0.5, 0.6) is 0 Å². The van der Waals surface area contributed by atoms with Crippen molar-refractivity contribution in [1.82, 2.24) is 5.32 Å². The minimum atomic E-state index is -4.48. The van der Waals surface area contributed by atoms with Gasteiger partial charge in [0.05, 0.1) is 18.0 Å². The van der Waals surface area contributed by atoms with Crippen LogP contribution in [-0.4, -0.2) is 11.8 Å². The molecule has 1 atom stereocenters. The second-order valence-corrected chi connectivity index (χ2v) is 6.08. The lowest BCUT2D eigenvalue weighted by atomic mass is 10.1. The number of thiophene rings is 1. The molecule has 2 N–H and O–H groups in total. The maximum atomic E-state index is 12.7. The standard InChI is InChI=1S/C16H15F3N2O2S/c1-10(22)20-13(14-6-3-7-24-14)9-15(23)21-12-5-2-4-11(8-12)16(17,18)19/h2-8,13H,9H2,1H3,(H,20,22)(H,21,23)/t13-/m1/s1. The molecule has 0 bridgehead atoms. The van der Waals surface area contributed by atoms with E-state index in [0.29, 0.717) is 0 Å². The van der Waals surface area contributed by atoms with Crippen molar-refractivity contribution < 1.29 is 22.8 Å². The number of anilines is 1. The summed E-state index contributed by atoms with van der Waals surface area (Å²) in [5.41, 5.74) is -0.778. The lowest BCUT2D eigenvalue weighted by molar-refractivity contribution is -0.137. The van der Waals surface area contributed by atoms with Gasteiger partial charge in [0.1, 0.15) is 0 Å². The molecule has 128 valence electrons. The first-order chi connectivity index (χ1) is 11.3. The molecule has 8 heteroatoms. The average Bonchev–Trinajstić information content (AvgIpc) is 2.99. The molecule has 0 unspecified atom stereocenters. The number of rotatable bonds is 5. The molecule has 0 spiro atoms. The van der Waals surface area contributed by atoms with Crippen LogP contribution in [0.2, 0.25) is 0 Å². The fourth-order valence-corrected chi connectivity index (χ4v) is 2.91. The molecular formula is C16H15F3N2O2S. The van der Waals surface area contributed by atoms with E-state index in [1.54, 1.807) is 12.1 Å². The maximum absolute atomic E-state index is 12.7. The second-order valence-electron chi connectivity index (χ2n) is 5.10. The molecular weight excluding hydrogens is 341 g/mol. The highest BCUT2D eigenvalue weighted by Gasteiger charge is 2.30. The van der Waals surface area contributed by atoms with E-state index >= 15 is 0 Å². The van der Waals surface area contributed by atoms with Crippen molar-refractivity contribution in [3.8, 4) is 0 Å². The second kappa shape index (κ2) is 7.48. The Labute approximate surface area is 140 Å². The summed E-state index contributed by atoms with van der Waals surface area (Å²) in [6.45, 7) is 1.34. The van der Waals surface area contributed by atoms with E-state index in [0.717, 1.165) is 17.0 Å². The van der Waals surface area contributed by atoms with Crippen molar-refractivity contribution in [1.29, 1.82) is 0 Å². The van der Waals surface area contributed by atoms with Gasteiger partial charge < -0.3 is 10.6 Å². The SMILES string of the molecule is CC(=O)N[C@H](CC(=O)Nc1cccc(C(F)(F)F)c1)c1cccs1. The summed E-state index contributed by atoms with van der Waals surface area (Å²) in [6, 6.07) is 7.46. The molecule has 0 saturated heterocycles. The Hall–Kier alpha value is -2.35. The highest BCUT2D eigenvalue weighted by atomic mass is 32.1. The first-order valence-corrected chi connectivity index (χ1v) is 7.91. The van der Waals surface area contributed by atoms with Gasteiger partial charge in [0.15, 0.2) is 0 Å². The predicted molar refractivity (Wildman–Crippen MR) is 85.6 cm³/mol. The summed E-state index contributed by atoms with van der Waals surface area (Å²) in [5.74, 6) is -0.776. The molecule has 4 nitrogen and oxygen atoms in total. The number of carbonyl (C=O) groups excluding carboxylic acids is 2. The van der Waals surface area contributed by atoms with Gasteiger partial charge in [0, 0.05) is 17.5 Å². The zero-order valence-electron chi connectivity index (χ0n) is 12.7. The van der Waals surface area contributed by atoms with E-state index in [-0.39, 0.29) is 18.0 Å². The lowest BCUT2D eigenvalue weighted by Crippen LogP contribution is -2.29. The van der Waals surface area contributed by atoms with Gasteiger partial charge in [-0.3, -0.25) is 9.59 Å². The number of alkyl halides is 3. The third kappa shape index (κ3) is 5.09. The van der Waals surface area contributed by atoms with Crippen LogP contribution in [0.1, 0.15) is 29.8 Å². The molecule has 1 aromatic heterocycles. The zero-order chi connectivity index (χ0) is 17.7. The van der Waals surface area contributed by atoms with E-state index in [2.05, 4.69) is 10.6 Å². The quantitative estimate of drug-likeness (QED) is 0.852. The van der Waals surface area contributed by atoms with Crippen LogP contribution in [0.3, 0.4) is 0 Å². The Morgan fingerprint density at radius 1 is 1.21 bits per heavy atom. The third-order valence-corrected chi connectivity index (χ3v) is 4.11. The summed E-state index contributed by atoms with van der Waals surface area (Å²) in [5, 5.41) is 6.91. The Morgan fingerprint density at radius 2 is 1.96 bits per heavy atom. The van der Waals surface area contributed by atoms with E-state index in [1.807, 2.05) is 5.38 Å². The average molecular weight is 356 g/mol. The molecule has 0 saturated carbocycles. The first-order valence-electron chi connectivity index (χ1n) is 7.03. The third-order valence-electron chi connectivity index (χ3n) is 3.13. The van der Waals surface area contributed by atoms with E-state index in [1.165, 1.54) is 30.4 Å². The fraction of sp³-hybridized carbons (Fsp3) is 0.250. The molecule has 1 aromatic carbocycles. The van der Waals surface area contributed by atoms with Crippen molar-refractivity contribution in [2.45, 2.75) is 25.6 Å². The molecule has 24 heavy (non-hydrogen) atoms. The van der Waals surface area contributed by atoms with Crippen molar-refractivity contribution in [2.75, 3.05) is 5.32 Å². The maximum Gasteiger partial charge on any atom is 0.416 e. The smallest absolute Gasteiger partial charge is 0.348 e. The summed E-state index contributed by atoms with van der Waals surface area (Å²) >= 11 is 1.38. The molecule has 2 aromatic rings. The topological polar surface area (TPSA) is 58.2 Å². The molecule has 2 rings (SSSR count). The Kier molecular flexibility index (Phi) is 5.61. The molecule has 0 fully saturated rings. The van der Waals surface area contributed by atoms with Gasteiger partial charge in [-0.15, -0.1) is 11.3 Å². The normalized spacial score (nSPS) is 12.5. The van der Waals surface area contributed by atoms with E-state index < -0.39 is 23.7 Å². The van der Waals surface area contributed by atoms with Gasteiger partial charge >= 0.3 is 6.18 Å². The monoisotopic (exact) mass is 356 g/mol. The van der Waals surface area contributed by atoms with Crippen molar-refractivity contribution in [3.05, 3.63) is 52.2 Å². The molecule has 0 radical (unpaired) electrons.